The Kier molecular flexibility index (Phi) is 4.32. The van der Waals surface area contributed by atoms with Crippen molar-refractivity contribution >= 4 is 45.6 Å². The molecular weight excluding hydrogens is 317 g/mol. The zero-order valence-electron chi connectivity index (χ0n) is 11.2. The number of hydrogen-bond donors (Lipinski definition) is 1. The summed E-state index contributed by atoms with van der Waals surface area (Å²) in [4.78, 5) is 12.1. The van der Waals surface area contributed by atoms with Crippen LogP contribution in [0.5, 0.6) is 0 Å². The number of carbonyl (C=O) groups excluding carboxylic acids is 1. The summed E-state index contributed by atoms with van der Waals surface area (Å²) in [5, 5.41) is 12.8. The molecule has 1 amide bonds. The minimum absolute atomic E-state index is 0.0930. The second-order valence-electron chi connectivity index (χ2n) is 5.25. The predicted molar refractivity (Wildman–Crippen MR) is 83.0 cm³/mol. The van der Waals surface area contributed by atoms with Gasteiger partial charge in [0.05, 0.1) is 10.0 Å². The zero-order valence-corrected chi connectivity index (χ0v) is 13.5. The third-order valence-corrected chi connectivity index (χ3v) is 4.47. The molecule has 1 aromatic carbocycles. The van der Waals surface area contributed by atoms with Crippen molar-refractivity contribution in [3.05, 3.63) is 38.8 Å². The first-order valence-corrected chi connectivity index (χ1v) is 7.45. The van der Waals surface area contributed by atoms with Crippen LogP contribution in [0.1, 0.15) is 36.1 Å². The average Bonchev–Trinajstić information content (AvgIpc) is 2.81. The van der Waals surface area contributed by atoms with E-state index >= 15 is 0 Å². The molecule has 2 rings (SSSR count). The Hall–Kier alpha value is -1.17. The smallest absolute Gasteiger partial charge is 0.257 e. The van der Waals surface area contributed by atoms with Crippen molar-refractivity contribution < 1.29 is 4.79 Å². The molecule has 0 aliphatic heterocycles. The quantitative estimate of drug-likeness (QED) is 0.888. The van der Waals surface area contributed by atoms with Gasteiger partial charge in [0, 0.05) is 11.0 Å². The number of benzene rings is 1. The maximum absolute atomic E-state index is 12.1. The molecule has 20 heavy (non-hydrogen) atoms. The minimum atomic E-state index is -0.292. The van der Waals surface area contributed by atoms with Crippen LogP contribution in [-0.4, -0.2) is 16.1 Å². The molecule has 0 fully saturated rings. The van der Waals surface area contributed by atoms with E-state index in [1.54, 1.807) is 12.1 Å². The van der Waals surface area contributed by atoms with E-state index in [1.807, 2.05) is 20.8 Å². The summed E-state index contributed by atoms with van der Waals surface area (Å²) in [7, 11) is 0. The van der Waals surface area contributed by atoms with E-state index in [1.165, 1.54) is 17.4 Å². The highest BCUT2D eigenvalue weighted by molar-refractivity contribution is 7.15. The Bertz CT molecular complexity index is 649. The van der Waals surface area contributed by atoms with Crippen LogP contribution in [0.2, 0.25) is 10.0 Å². The van der Waals surface area contributed by atoms with E-state index in [-0.39, 0.29) is 11.3 Å². The molecule has 0 radical (unpaired) electrons. The first kappa shape index (κ1) is 15.2. The maximum Gasteiger partial charge on any atom is 0.257 e. The fourth-order valence-corrected chi connectivity index (χ4v) is 2.48. The molecule has 1 N–H and O–H groups in total. The van der Waals surface area contributed by atoms with Crippen molar-refractivity contribution in [1.29, 1.82) is 0 Å². The van der Waals surface area contributed by atoms with Crippen LogP contribution in [0.15, 0.2) is 18.2 Å². The fraction of sp³-hybridized carbons (Fsp3) is 0.308. The number of anilines is 1. The number of carbonyl (C=O) groups is 1. The lowest BCUT2D eigenvalue weighted by molar-refractivity contribution is 0.102. The highest BCUT2D eigenvalue weighted by Crippen LogP contribution is 2.28. The van der Waals surface area contributed by atoms with Crippen LogP contribution < -0.4 is 5.32 Å². The fourth-order valence-electron chi connectivity index (χ4n) is 1.38. The van der Waals surface area contributed by atoms with Gasteiger partial charge in [-0.2, -0.15) is 0 Å². The molecule has 0 aliphatic rings. The molecule has 0 unspecified atom stereocenters. The Balaban J connectivity index is 2.15. The first-order valence-electron chi connectivity index (χ1n) is 5.88. The van der Waals surface area contributed by atoms with E-state index in [9.17, 15) is 4.79 Å². The van der Waals surface area contributed by atoms with Gasteiger partial charge in [-0.3, -0.25) is 10.1 Å². The largest absolute Gasteiger partial charge is 0.296 e. The van der Waals surface area contributed by atoms with Gasteiger partial charge in [0.1, 0.15) is 5.01 Å². The molecule has 4 nitrogen and oxygen atoms in total. The Morgan fingerprint density at radius 3 is 2.45 bits per heavy atom. The molecule has 2 aromatic rings. The van der Waals surface area contributed by atoms with Crippen molar-refractivity contribution in [2.45, 2.75) is 26.2 Å². The van der Waals surface area contributed by atoms with E-state index in [2.05, 4.69) is 15.5 Å². The van der Waals surface area contributed by atoms with Crippen LogP contribution in [0, 0.1) is 0 Å². The molecule has 0 bridgehead atoms. The van der Waals surface area contributed by atoms with Crippen LogP contribution in [-0.2, 0) is 5.41 Å². The van der Waals surface area contributed by atoms with Crippen molar-refractivity contribution in [3.8, 4) is 0 Å². The minimum Gasteiger partial charge on any atom is -0.296 e. The topological polar surface area (TPSA) is 54.9 Å². The highest BCUT2D eigenvalue weighted by atomic mass is 35.5. The molecule has 1 aromatic heterocycles. The van der Waals surface area contributed by atoms with E-state index in [0.717, 1.165) is 5.01 Å². The summed E-state index contributed by atoms with van der Waals surface area (Å²) < 4.78 is 0. The van der Waals surface area contributed by atoms with Crippen LogP contribution in [0.4, 0.5) is 5.13 Å². The molecular formula is C13H13Cl2N3OS. The lowest BCUT2D eigenvalue weighted by atomic mass is 9.98. The second-order valence-corrected chi connectivity index (χ2v) is 7.04. The van der Waals surface area contributed by atoms with E-state index in [4.69, 9.17) is 23.2 Å². The van der Waals surface area contributed by atoms with Crippen molar-refractivity contribution in [3.63, 3.8) is 0 Å². The monoisotopic (exact) mass is 329 g/mol. The molecule has 0 atom stereocenters. The van der Waals surface area contributed by atoms with Crippen molar-refractivity contribution in [2.24, 2.45) is 0 Å². The van der Waals surface area contributed by atoms with Crippen molar-refractivity contribution in [2.75, 3.05) is 5.32 Å². The zero-order chi connectivity index (χ0) is 14.9. The summed E-state index contributed by atoms with van der Waals surface area (Å²) in [6.07, 6.45) is 0. The van der Waals surface area contributed by atoms with Gasteiger partial charge in [0.15, 0.2) is 0 Å². The van der Waals surface area contributed by atoms with Gasteiger partial charge < -0.3 is 0 Å². The summed E-state index contributed by atoms with van der Waals surface area (Å²) in [6, 6.07) is 4.71. The summed E-state index contributed by atoms with van der Waals surface area (Å²) in [5.41, 5.74) is 0.330. The molecule has 0 saturated carbocycles. The summed E-state index contributed by atoms with van der Waals surface area (Å²) in [6.45, 7) is 6.12. The summed E-state index contributed by atoms with van der Waals surface area (Å²) in [5.74, 6) is -0.292. The number of nitrogens with zero attached hydrogens (tertiary/aromatic N) is 2. The Morgan fingerprint density at radius 2 is 1.90 bits per heavy atom. The number of halogens is 2. The number of hydrogen-bond acceptors (Lipinski definition) is 4. The van der Waals surface area contributed by atoms with Gasteiger partial charge in [0.2, 0.25) is 5.13 Å². The highest BCUT2D eigenvalue weighted by Gasteiger charge is 2.20. The molecule has 1 heterocycles. The van der Waals surface area contributed by atoms with Crippen LogP contribution >= 0.6 is 34.5 Å². The normalized spacial score (nSPS) is 11.4. The standard InChI is InChI=1S/C13H13Cl2N3OS/c1-13(2,3)11-17-18-12(20-11)16-10(19)7-4-5-8(14)9(15)6-7/h4-6H,1-3H3,(H,16,18,19). The van der Waals surface area contributed by atoms with Gasteiger partial charge in [-0.05, 0) is 18.2 Å². The summed E-state index contributed by atoms with van der Waals surface area (Å²) >= 11 is 13.1. The molecule has 106 valence electrons. The second kappa shape index (κ2) is 5.68. The molecule has 0 aliphatic carbocycles. The van der Waals surface area contributed by atoms with Gasteiger partial charge in [-0.25, -0.2) is 0 Å². The predicted octanol–water partition coefficient (Wildman–Crippen LogP) is 4.39. The molecule has 0 spiro atoms. The number of rotatable bonds is 2. The lowest BCUT2D eigenvalue weighted by Gasteiger charge is -2.12. The number of aromatic nitrogens is 2. The maximum atomic E-state index is 12.1. The van der Waals surface area contributed by atoms with E-state index in [0.29, 0.717) is 20.7 Å². The Morgan fingerprint density at radius 1 is 1.20 bits per heavy atom. The van der Waals surface area contributed by atoms with Gasteiger partial charge in [-0.15, -0.1) is 10.2 Å². The SMILES string of the molecule is CC(C)(C)c1nnc(NC(=O)c2ccc(Cl)c(Cl)c2)s1. The van der Waals surface area contributed by atoms with Gasteiger partial charge in [-0.1, -0.05) is 55.3 Å². The van der Waals surface area contributed by atoms with E-state index < -0.39 is 0 Å². The number of nitrogens with one attached hydrogen (secondary N) is 1. The van der Waals surface area contributed by atoms with Gasteiger partial charge >= 0.3 is 0 Å². The molecule has 0 saturated heterocycles. The molecule has 7 heteroatoms. The third-order valence-electron chi connectivity index (χ3n) is 2.47. The first-order chi connectivity index (χ1) is 9.27. The van der Waals surface area contributed by atoms with Crippen LogP contribution in [0.3, 0.4) is 0 Å². The van der Waals surface area contributed by atoms with Crippen LogP contribution in [0.25, 0.3) is 0 Å². The lowest BCUT2D eigenvalue weighted by Crippen LogP contribution is -2.11. The average molecular weight is 330 g/mol. The van der Waals surface area contributed by atoms with Gasteiger partial charge in [0.25, 0.3) is 5.91 Å². The Labute approximate surface area is 131 Å². The third kappa shape index (κ3) is 3.48. The van der Waals surface area contributed by atoms with Crippen molar-refractivity contribution in [1.82, 2.24) is 10.2 Å². The number of amides is 1.